The highest BCUT2D eigenvalue weighted by Gasteiger charge is 2.29. The van der Waals surface area contributed by atoms with Crippen LogP contribution in [0.15, 0.2) is 0 Å². The summed E-state index contributed by atoms with van der Waals surface area (Å²) in [4.78, 5) is 9.06. The van der Waals surface area contributed by atoms with Gasteiger partial charge in [0.1, 0.15) is 0 Å². The first kappa shape index (κ1) is 13.1. The second-order valence-corrected chi connectivity index (χ2v) is 5.90. The largest absolute Gasteiger partial charge is 0.505 e. The van der Waals surface area contributed by atoms with Crippen molar-refractivity contribution in [2.24, 2.45) is 11.8 Å². The molecule has 1 rings (SSSR count). The molecule has 2 nitrogen and oxygen atoms in total. The van der Waals surface area contributed by atoms with Crippen LogP contribution in [0, 0.1) is 11.8 Å². The summed E-state index contributed by atoms with van der Waals surface area (Å²) >= 11 is 0. The number of hydrogen-bond donors (Lipinski definition) is 1. The van der Waals surface area contributed by atoms with Crippen molar-refractivity contribution in [3.63, 3.8) is 0 Å². The molecular weight excluding hydrogens is 207 g/mol. The molecule has 1 aliphatic carbocycles. The second kappa shape index (κ2) is 7.35. The summed E-state index contributed by atoms with van der Waals surface area (Å²) in [6.45, 7) is 2.19. The predicted molar refractivity (Wildman–Crippen MR) is 64.3 cm³/mol. The van der Waals surface area contributed by atoms with E-state index in [1.807, 2.05) is 0 Å². The Balaban J connectivity index is 2.41. The molecule has 0 aromatic rings. The van der Waals surface area contributed by atoms with E-state index in [4.69, 9.17) is 4.89 Å². The Morgan fingerprint density at radius 3 is 2.53 bits per heavy atom. The molecule has 0 radical (unpaired) electrons. The standard InChI is InChI=1S/C12H23O2P/c1-2-3-7-12(10-15(13)14)11-8-5-4-6-9-11/h11-12H,2-10H2,1H3/p+1. The third kappa shape index (κ3) is 5.08. The van der Waals surface area contributed by atoms with Crippen LogP contribution in [0.5, 0.6) is 0 Å². The highest BCUT2D eigenvalue weighted by Crippen LogP contribution is 2.36. The van der Waals surface area contributed by atoms with Crippen molar-refractivity contribution in [1.29, 1.82) is 0 Å². The van der Waals surface area contributed by atoms with Crippen molar-refractivity contribution in [3.05, 3.63) is 0 Å². The fourth-order valence-electron chi connectivity index (χ4n) is 2.75. The minimum Gasteiger partial charge on any atom is -0.161 e. The average molecular weight is 231 g/mol. The second-order valence-electron chi connectivity index (χ2n) is 4.84. The van der Waals surface area contributed by atoms with Gasteiger partial charge in [0.05, 0.1) is 0 Å². The predicted octanol–water partition coefficient (Wildman–Crippen LogP) is 4.11. The average Bonchev–Trinajstić information content (AvgIpc) is 2.25. The van der Waals surface area contributed by atoms with Gasteiger partial charge in [0.2, 0.25) is 0 Å². The highest BCUT2D eigenvalue weighted by atomic mass is 31.1. The lowest BCUT2D eigenvalue weighted by atomic mass is 9.79. The van der Waals surface area contributed by atoms with Gasteiger partial charge in [-0.15, -0.1) is 0 Å². The summed E-state index contributed by atoms with van der Waals surface area (Å²) in [5, 5.41) is 0. The Morgan fingerprint density at radius 1 is 1.33 bits per heavy atom. The quantitative estimate of drug-likeness (QED) is 0.698. The molecule has 2 unspecified atom stereocenters. The third-order valence-electron chi connectivity index (χ3n) is 3.64. The van der Waals surface area contributed by atoms with E-state index in [0.29, 0.717) is 12.1 Å². The van der Waals surface area contributed by atoms with E-state index < -0.39 is 8.03 Å². The molecule has 15 heavy (non-hydrogen) atoms. The molecule has 2 atom stereocenters. The van der Waals surface area contributed by atoms with Crippen molar-refractivity contribution in [2.45, 2.75) is 58.3 Å². The maximum absolute atomic E-state index is 11.0. The van der Waals surface area contributed by atoms with Gasteiger partial charge >= 0.3 is 8.03 Å². The molecule has 0 aromatic carbocycles. The molecule has 1 saturated carbocycles. The summed E-state index contributed by atoms with van der Waals surface area (Å²) in [7, 11) is -1.93. The molecule has 3 heteroatoms. The Labute approximate surface area is 94.3 Å². The molecule has 0 bridgehead atoms. The Bertz CT molecular complexity index is 188. The molecule has 0 aliphatic heterocycles. The zero-order valence-corrected chi connectivity index (χ0v) is 10.7. The van der Waals surface area contributed by atoms with E-state index in [1.54, 1.807) is 0 Å². The molecule has 0 spiro atoms. The van der Waals surface area contributed by atoms with Crippen LogP contribution in [0.4, 0.5) is 0 Å². The Morgan fingerprint density at radius 2 is 2.00 bits per heavy atom. The minimum atomic E-state index is -1.93. The number of rotatable bonds is 6. The lowest BCUT2D eigenvalue weighted by molar-refractivity contribution is 0.248. The van der Waals surface area contributed by atoms with Gasteiger partial charge in [0.25, 0.3) is 0 Å². The van der Waals surface area contributed by atoms with E-state index >= 15 is 0 Å². The molecule has 88 valence electrons. The lowest BCUT2D eigenvalue weighted by Crippen LogP contribution is -2.20. The maximum Gasteiger partial charge on any atom is 0.505 e. The van der Waals surface area contributed by atoms with Gasteiger partial charge in [0, 0.05) is 5.92 Å². The summed E-state index contributed by atoms with van der Waals surface area (Å²) in [6, 6.07) is 0. The van der Waals surface area contributed by atoms with Crippen LogP contribution in [-0.2, 0) is 4.57 Å². The first-order chi connectivity index (χ1) is 7.24. The fourth-order valence-corrected chi connectivity index (χ4v) is 3.63. The van der Waals surface area contributed by atoms with Crippen molar-refractivity contribution >= 4 is 8.03 Å². The topological polar surface area (TPSA) is 37.3 Å². The van der Waals surface area contributed by atoms with E-state index in [9.17, 15) is 4.57 Å². The van der Waals surface area contributed by atoms with Gasteiger partial charge in [-0.1, -0.05) is 51.9 Å². The summed E-state index contributed by atoms with van der Waals surface area (Å²) in [5.74, 6) is 1.25. The van der Waals surface area contributed by atoms with Crippen LogP contribution >= 0.6 is 8.03 Å². The van der Waals surface area contributed by atoms with Crippen LogP contribution < -0.4 is 0 Å². The molecule has 1 aliphatic rings. The summed E-state index contributed by atoms with van der Waals surface area (Å²) in [5.41, 5.74) is 0. The van der Waals surface area contributed by atoms with Gasteiger partial charge in [0.15, 0.2) is 6.16 Å². The van der Waals surface area contributed by atoms with Crippen LogP contribution in [0.3, 0.4) is 0 Å². The molecular formula is C12H24O2P+. The summed E-state index contributed by atoms with van der Waals surface area (Å²) in [6.07, 6.45) is 10.7. The van der Waals surface area contributed by atoms with Crippen molar-refractivity contribution < 1.29 is 9.46 Å². The first-order valence-electron chi connectivity index (χ1n) is 6.37. The van der Waals surface area contributed by atoms with E-state index in [2.05, 4.69) is 6.92 Å². The van der Waals surface area contributed by atoms with Gasteiger partial charge in [-0.2, -0.15) is 4.89 Å². The van der Waals surface area contributed by atoms with Crippen LogP contribution in [0.1, 0.15) is 58.3 Å². The van der Waals surface area contributed by atoms with Crippen molar-refractivity contribution in [1.82, 2.24) is 0 Å². The Hall–Kier alpha value is 0.0600. The van der Waals surface area contributed by atoms with Crippen molar-refractivity contribution in [2.75, 3.05) is 6.16 Å². The fraction of sp³-hybridized carbons (Fsp3) is 1.00. The monoisotopic (exact) mass is 231 g/mol. The first-order valence-corrected chi connectivity index (χ1v) is 7.77. The number of hydrogen-bond acceptors (Lipinski definition) is 1. The summed E-state index contributed by atoms with van der Waals surface area (Å²) < 4.78 is 11.0. The molecule has 0 aromatic heterocycles. The molecule has 0 heterocycles. The van der Waals surface area contributed by atoms with Crippen LogP contribution in [-0.4, -0.2) is 11.1 Å². The lowest BCUT2D eigenvalue weighted by Gasteiger charge is -2.27. The van der Waals surface area contributed by atoms with Crippen LogP contribution in [0.2, 0.25) is 0 Å². The van der Waals surface area contributed by atoms with Crippen molar-refractivity contribution in [3.8, 4) is 0 Å². The van der Waals surface area contributed by atoms with Gasteiger partial charge in [-0.05, 0) is 16.9 Å². The van der Waals surface area contributed by atoms with Gasteiger partial charge in [-0.25, -0.2) is 0 Å². The molecule has 1 N–H and O–H groups in total. The van der Waals surface area contributed by atoms with E-state index in [0.717, 1.165) is 12.3 Å². The van der Waals surface area contributed by atoms with Gasteiger partial charge < -0.3 is 0 Å². The van der Waals surface area contributed by atoms with E-state index in [1.165, 1.54) is 44.9 Å². The SMILES string of the molecule is CCCCC(C[P+](=O)O)C1CCCCC1. The zero-order chi connectivity index (χ0) is 11.1. The molecule has 0 saturated heterocycles. The normalized spacial score (nSPS) is 21.3. The highest BCUT2D eigenvalue weighted by molar-refractivity contribution is 7.38. The number of unbranched alkanes of at least 4 members (excludes halogenated alkanes) is 1. The maximum atomic E-state index is 11.0. The minimum absolute atomic E-state index is 0.513. The molecule has 0 amide bonds. The third-order valence-corrected chi connectivity index (χ3v) is 4.42. The van der Waals surface area contributed by atoms with Crippen LogP contribution in [0.25, 0.3) is 0 Å². The van der Waals surface area contributed by atoms with Gasteiger partial charge in [-0.3, -0.25) is 0 Å². The molecule has 1 fully saturated rings. The van der Waals surface area contributed by atoms with E-state index in [-0.39, 0.29) is 0 Å². The zero-order valence-electron chi connectivity index (χ0n) is 9.82. The Kier molecular flexibility index (Phi) is 6.43. The smallest absolute Gasteiger partial charge is 0.161 e.